The van der Waals surface area contributed by atoms with Crippen LogP contribution in [0.3, 0.4) is 0 Å². The van der Waals surface area contributed by atoms with Crippen LogP contribution in [0.5, 0.6) is 0 Å². The molecule has 0 aliphatic carbocycles. The van der Waals surface area contributed by atoms with Gasteiger partial charge in [0.15, 0.2) is 0 Å². The van der Waals surface area contributed by atoms with Gasteiger partial charge in [0, 0.05) is 0 Å². The number of halogens is 1. The lowest BCUT2D eigenvalue weighted by Crippen LogP contribution is -2.30. The van der Waals surface area contributed by atoms with E-state index in [1.165, 1.54) is 22.0 Å². The van der Waals surface area contributed by atoms with Gasteiger partial charge in [0.25, 0.3) is 0 Å². The molecule has 0 unspecified atom stereocenters. The van der Waals surface area contributed by atoms with Crippen LogP contribution in [0.2, 0.25) is 6.04 Å². The lowest BCUT2D eigenvalue weighted by Gasteiger charge is -2.14. The van der Waals surface area contributed by atoms with Crippen molar-refractivity contribution >= 4 is 40.7 Å². The zero-order chi connectivity index (χ0) is 11.5. The van der Waals surface area contributed by atoms with Crippen molar-refractivity contribution in [2.24, 2.45) is 0 Å². The van der Waals surface area contributed by atoms with E-state index in [4.69, 9.17) is 0 Å². The molecule has 0 spiro atoms. The Labute approximate surface area is 107 Å². The van der Waals surface area contributed by atoms with Crippen molar-refractivity contribution in [3.05, 3.63) is 53.1 Å². The second-order valence-electron chi connectivity index (χ2n) is 3.76. The summed E-state index contributed by atoms with van der Waals surface area (Å²) in [4.78, 5) is 0. The predicted octanol–water partition coefficient (Wildman–Crippen LogP) is 4.01. The summed E-state index contributed by atoms with van der Waals surface area (Å²) in [6, 6.07) is 16.3. The first-order valence-corrected chi connectivity index (χ1v) is 7.92. The maximum atomic E-state index is 4.07. The topological polar surface area (TPSA) is 0 Å². The zero-order valence-electron chi connectivity index (χ0n) is 9.33. The van der Waals surface area contributed by atoms with Crippen molar-refractivity contribution in [2.75, 3.05) is 0 Å². The van der Waals surface area contributed by atoms with E-state index in [9.17, 15) is 0 Å². The fourth-order valence-electron chi connectivity index (χ4n) is 2.02. The number of hydrogen-bond acceptors (Lipinski definition) is 0. The van der Waals surface area contributed by atoms with E-state index < -0.39 is 8.80 Å². The van der Waals surface area contributed by atoms with Crippen LogP contribution in [-0.4, -0.2) is 8.80 Å². The van der Waals surface area contributed by atoms with Gasteiger partial charge >= 0.3 is 0 Å². The van der Waals surface area contributed by atoms with Crippen LogP contribution in [0.15, 0.2) is 53.1 Å². The molecular formula is C14H14BrSi. The van der Waals surface area contributed by atoms with E-state index in [2.05, 4.69) is 71.9 Å². The Morgan fingerprint density at radius 1 is 1.19 bits per heavy atom. The molecule has 0 aromatic heterocycles. The summed E-state index contributed by atoms with van der Waals surface area (Å²) in [5, 5.41) is 4.17. The van der Waals surface area contributed by atoms with Crippen molar-refractivity contribution < 1.29 is 0 Å². The average molecular weight is 290 g/mol. The Morgan fingerprint density at radius 2 is 1.88 bits per heavy atom. The highest BCUT2D eigenvalue weighted by Crippen LogP contribution is 2.17. The summed E-state index contributed by atoms with van der Waals surface area (Å²) in [5.41, 5.74) is 0. The predicted molar refractivity (Wildman–Crippen MR) is 77.9 cm³/mol. The molecule has 0 nitrogen and oxygen atoms in total. The van der Waals surface area contributed by atoms with Crippen LogP contribution in [0.25, 0.3) is 10.8 Å². The highest BCUT2D eigenvalue weighted by molar-refractivity contribution is 9.12. The van der Waals surface area contributed by atoms with Crippen LogP contribution in [0.4, 0.5) is 0 Å². The summed E-state index contributed by atoms with van der Waals surface area (Å²) in [7, 11) is -0.681. The quantitative estimate of drug-likeness (QED) is 0.749. The normalized spacial score (nSPS) is 10.9. The molecule has 1 radical (unpaired) electrons. The number of benzene rings is 2. The van der Waals surface area contributed by atoms with Gasteiger partial charge in [-0.1, -0.05) is 77.9 Å². The maximum absolute atomic E-state index is 4.07. The Bertz CT molecular complexity index is 514. The molecule has 0 saturated carbocycles. The maximum Gasteiger partial charge on any atom is 0.130 e. The van der Waals surface area contributed by atoms with Crippen molar-refractivity contribution in [3.63, 3.8) is 0 Å². The summed E-state index contributed by atoms with van der Waals surface area (Å²) in [5.74, 6) is 0. The van der Waals surface area contributed by atoms with E-state index in [1.807, 2.05) is 0 Å². The smallest absolute Gasteiger partial charge is 0.0928 e. The van der Waals surface area contributed by atoms with Crippen LogP contribution in [-0.2, 0) is 0 Å². The highest BCUT2D eigenvalue weighted by atomic mass is 79.9. The Balaban J connectivity index is 2.63. The molecule has 0 N–H and O–H groups in total. The lowest BCUT2D eigenvalue weighted by atomic mass is 10.1. The van der Waals surface area contributed by atoms with Crippen LogP contribution in [0.1, 0.15) is 6.92 Å². The summed E-state index contributed by atoms with van der Waals surface area (Å²) in [6.45, 7) is 6.31. The third-order valence-electron chi connectivity index (χ3n) is 2.80. The first-order chi connectivity index (χ1) is 7.74. The van der Waals surface area contributed by atoms with E-state index >= 15 is 0 Å². The highest BCUT2D eigenvalue weighted by Gasteiger charge is 2.16. The monoisotopic (exact) mass is 289 g/mol. The van der Waals surface area contributed by atoms with Crippen LogP contribution >= 0.6 is 15.9 Å². The lowest BCUT2D eigenvalue weighted by molar-refractivity contribution is 1.44. The van der Waals surface area contributed by atoms with E-state index in [0.717, 1.165) is 4.11 Å². The molecule has 0 fully saturated rings. The minimum Gasteiger partial charge on any atom is -0.0928 e. The largest absolute Gasteiger partial charge is 0.130 e. The molecule has 0 amide bonds. The number of hydrogen-bond donors (Lipinski definition) is 0. The van der Waals surface area contributed by atoms with Crippen molar-refractivity contribution in [2.45, 2.75) is 13.0 Å². The number of fused-ring (bicyclic) bond motifs is 1. The van der Waals surface area contributed by atoms with Gasteiger partial charge in [0.1, 0.15) is 8.80 Å². The number of rotatable bonds is 3. The van der Waals surface area contributed by atoms with Crippen molar-refractivity contribution in [1.29, 1.82) is 0 Å². The molecule has 0 aliphatic rings. The molecule has 0 heterocycles. The molecule has 2 heteroatoms. The summed E-state index contributed by atoms with van der Waals surface area (Å²) >= 11 is 3.57. The average Bonchev–Trinajstić information content (AvgIpc) is 2.30. The molecule has 0 aliphatic heterocycles. The van der Waals surface area contributed by atoms with Crippen LogP contribution in [0, 0.1) is 0 Å². The molecule has 2 aromatic carbocycles. The van der Waals surface area contributed by atoms with Gasteiger partial charge in [-0.25, -0.2) is 0 Å². The fraction of sp³-hybridized carbons (Fsp3) is 0.143. The Hall–Kier alpha value is -0.863. The van der Waals surface area contributed by atoms with Crippen LogP contribution < -0.4 is 5.19 Å². The molecule has 2 aromatic rings. The summed E-state index contributed by atoms with van der Waals surface area (Å²) in [6.07, 6.45) is 0. The molecule has 2 rings (SSSR count). The van der Waals surface area contributed by atoms with E-state index in [1.54, 1.807) is 0 Å². The van der Waals surface area contributed by atoms with Gasteiger partial charge < -0.3 is 0 Å². The standard InChI is InChI=1S/C14H14BrSi/c1-3-16(11(2)15)14-10-6-8-12-7-4-5-9-13(12)14/h4-10H,2-3H2,1H3. The molecular weight excluding hydrogens is 276 g/mol. The first kappa shape index (κ1) is 11.6. The first-order valence-electron chi connectivity index (χ1n) is 5.42. The third-order valence-corrected chi connectivity index (χ3v) is 6.68. The second kappa shape index (κ2) is 4.98. The van der Waals surface area contributed by atoms with Gasteiger partial charge in [-0.05, 0) is 20.1 Å². The van der Waals surface area contributed by atoms with Gasteiger partial charge in [-0.3, -0.25) is 0 Å². The summed E-state index contributed by atoms with van der Waals surface area (Å²) < 4.78 is 1.16. The molecule has 0 saturated heterocycles. The zero-order valence-corrected chi connectivity index (χ0v) is 11.9. The minimum atomic E-state index is -0.681. The Kier molecular flexibility index (Phi) is 3.61. The van der Waals surface area contributed by atoms with E-state index in [-0.39, 0.29) is 0 Å². The van der Waals surface area contributed by atoms with Crippen molar-refractivity contribution in [3.8, 4) is 0 Å². The molecule has 0 bridgehead atoms. The fourth-order valence-corrected chi connectivity index (χ4v) is 5.41. The third kappa shape index (κ3) is 2.13. The van der Waals surface area contributed by atoms with E-state index in [0.29, 0.717) is 0 Å². The molecule has 81 valence electrons. The second-order valence-corrected chi connectivity index (χ2v) is 8.26. The Morgan fingerprint density at radius 3 is 2.56 bits per heavy atom. The molecule has 16 heavy (non-hydrogen) atoms. The van der Waals surface area contributed by atoms with Gasteiger partial charge in [-0.2, -0.15) is 0 Å². The SMILES string of the molecule is C=C(Br)[Si](CC)c1cccc2ccccc12. The van der Waals surface area contributed by atoms with Crippen molar-refractivity contribution in [1.82, 2.24) is 0 Å². The van der Waals surface area contributed by atoms with Gasteiger partial charge in [0.2, 0.25) is 0 Å². The molecule has 0 atom stereocenters. The minimum absolute atomic E-state index is 0.681. The van der Waals surface area contributed by atoms with Gasteiger partial charge in [0.05, 0.1) is 0 Å². The van der Waals surface area contributed by atoms with Gasteiger partial charge in [-0.15, -0.1) is 0 Å².